The predicted molar refractivity (Wildman–Crippen MR) is 177 cm³/mol. The first-order valence-corrected chi connectivity index (χ1v) is 17.9. The molecule has 0 saturated heterocycles. The molecule has 0 aliphatic heterocycles. The molecule has 0 saturated carbocycles. The minimum absolute atomic E-state index is 0.229. The van der Waals surface area contributed by atoms with E-state index in [2.05, 4.69) is 38.2 Å². The zero-order chi connectivity index (χ0) is 28.5. The van der Waals surface area contributed by atoms with E-state index in [0.717, 1.165) is 25.9 Å². The molecular formula is C36H74N3+. The second-order valence-corrected chi connectivity index (χ2v) is 12.4. The number of nitrogens with two attached hydrogens (primary N) is 2. The van der Waals surface area contributed by atoms with E-state index in [9.17, 15) is 0 Å². The molecule has 0 amide bonds. The third-order valence-electron chi connectivity index (χ3n) is 8.17. The van der Waals surface area contributed by atoms with Gasteiger partial charge >= 0.3 is 0 Å². The van der Waals surface area contributed by atoms with Gasteiger partial charge in [-0.25, -0.2) is 0 Å². The highest BCUT2D eigenvalue weighted by molar-refractivity contribution is 4.82. The van der Waals surface area contributed by atoms with Crippen LogP contribution in [0.1, 0.15) is 194 Å². The molecule has 0 aliphatic rings. The number of unbranched alkanes of at least 4 members (excludes halogenated alkanes) is 24. The average Bonchev–Trinajstić information content (AvgIpc) is 2.92. The minimum Gasteiger partial charge on any atom is -0.176 e. The molecule has 4 N–H and O–H groups in total. The van der Waals surface area contributed by atoms with Gasteiger partial charge in [0.2, 0.25) is 0 Å². The molecule has 0 rings (SSSR count). The van der Waals surface area contributed by atoms with Crippen LogP contribution < -0.4 is 11.7 Å². The summed E-state index contributed by atoms with van der Waals surface area (Å²) in [6.07, 6.45) is 47.2. The number of hydrogen-bond acceptors (Lipinski definition) is 2. The number of allylic oxidation sites excluding steroid dienone is 4. The van der Waals surface area contributed by atoms with Gasteiger partial charge < -0.3 is 0 Å². The van der Waals surface area contributed by atoms with Crippen LogP contribution in [0, 0.1) is 0 Å². The summed E-state index contributed by atoms with van der Waals surface area (Å²) in [5.41, 5.74) is 0. The van der Waals surface area contributed by atoms with Crippen LogP contribution in [0.15, 0.2) is 24.3 Å². The third kappa shape index (κ3) is 33.5. The van der Waals surface area contributed by atoms with E-state index in [0.29, 0.717) is 0 Å². The number of quaternary nitrogens is 1. The van der Waals surface area contributed by atoms with Crippen molar-refractivity contribution in [2.45, 2.75) is 194 Å². The number of nitrogens with zero attached hydrogens (tertiary/aromatic N) is 1. The maximum absolute atomic E-state index is 6.34. The predicted octanol–water partition coefficient (Wildman–Crippen LogP) is 11.6. The fourth-order valence-electron chi connectivity index (χ4n) is 5.42. The molecule has 0 radical (unpaired) electrons. The highest BCUT2D eigenvalue weighted by Gasteiger charge is 2.16. The summed E-state index contributed by atoms with van der Waals surface area (Å²) in [5.74, 6) is 12.7. The molecule has 39 heavy (non-hydrogen) atoms. The van der Waals surface area contributed by atoms with Crippen molar-refractivity contribution in [3.05, 3.63) is 24.3 Å². The van der Waals surface area contributed by atoms with Crippen LogP contribution in [0.5, 0.6) is 0 Å². The van der Waals surface area contributed by atoms with Crippen molar-refractivity contribution in [3.63, 3.8) is 0 Å². The van der Waals surface area contributed by atoms with Gasteiger partial charge in [0.05, 0.1) is 0 Å². The normalized spacial score (nSPS) is 12.4. The Morgan fingerprint density at radius 1 is 0.333 bits per heavy atom. The van der Waals surface area contributed by atoms with E-state index >= 15 is 0 Å². The Bertz CT molecular complexity index is 467. The summed E-state index contributed by atoms with van der Waals surface area (Å²) in [6, 6.07) is 0. The molecule has 0 heterocycles. The maximum atomic E-state index is 6.34. The lowest BCUT2D eigenvalue weighted by Gasteiger charge is -2.26. The Labute approximate surface area is 247 Å². The van der Waals surface area contributed by atoms with Crippen molar-refractivity contribution in [2.75, 3.05) is 13.1 Å². The Hall–Kier alpha value is -0.640. The third-order valence-corrected chi connectivity index (χ3v) is 8.17. The fraction of sp³-hybridized carbons (Fsp3) is 0.889. The average molecular weight is 549 g/mol. The van der Waals surface area contributed by atoms with Gasteiger partial charge in [-0.1, -0.05) is 141 Å². The Morgan fingerprint density at radius 3 is 0.846 bits per heavy atom. The van der Waals surface area contributed by atoms with Gasteiger partial charge in [-0.2, -0.15) is 16.4 Å². The van der Waals surface area contributed by atoms with E-state index in [1.54, 1.807) is 0 Å². The van der Waals surface area contributed by atoms with E-state index in [1.807, 2.05) is 0 Å². The molecular weight excluding hydrogens is 474 g/mol. The molecule has 0 aromatic rings. The molecule has 0 spiro atoms. The molecule has 0 aromatic carbocycles. The van der Waals surface area contributed by atoms with Crippen molar-refractivity contribution in [1.29, 1.82) is 0 Å². The van der Waals surface area contributed by atoms with Gasteiger partial charge in [-0.15, -0.1) is 0 Å². The van der Waals surface area contributed by atoms with E-state index < -0.39 is 0 Å². The lowest BCUT2D eigenvalue weighted by molar-refractivity contribution is -0.952. The van der Waals surface area contributed by atoms with Crippen molar-refractivity contribution in [3.8, 4) is 0 Å². The molecule has 0 unspecified atom stereocenters. The summed E-state index contributed by atoms with van der Waals surface area (Å²) >= 11 is 0. The molecule has 0 atom stereocenters. The lowest BCUT2D eigenvalue weighted by Crippen LogP contribution is -2.61. The lowest BCUT2D eigenvalue weighted by atomic mass is 10.1. The highest BCUT2D eigenvalue weighted by Crippen LogP contribution is 2.12. The van der Waals surface area contributed by atoms with Crippen LogP contribution in [0.25, 0.3) is 0 Å². The molecule has 3 nitrogen and oxygen atoms in total. The van der Waals surface area contributed by atoms with E-state index in [-0.39, 0.29) is 4.70 Å². The molecule has 232 valence electrons. The monoisotopic (exact) mass is 549 g/mol. The standard InChI is InChI=1S/C36H74N3/c1-3-5-7-9-11-13-15-17-19-21-23-25-27-29-31-33-35-39(37,38)36-34-32-30-28-26-24-22-20-18-16-14-12-10-8-6-4-2/h17-20H,3-16,21-38H2,1-2H3/q+1. The Balaban J connectivity index is 3.36. The zero-order valence-electron chi connectivity index (χ0n) is 27.1. The van der Waals surface area contributed by atoms with E-state index in [4.69, 9.17) is 11.7 Å². The summed E-state index contributed by atoms with van der Waals surface area (Å²) in [4.78, 5) is 0. The SMILES string of the molecule is CCCCCCCCC=CCCCCCCCC[N+](N)(N)CCCCCCCCC=CCCCCCCCC. The molecule has 0 bridgehead atoms. The molecule has 3 heteroatoms. The number of rotatable bonds is 32. The maximum Gasteiger partial charge on any atom is 0.114 e. The largest absolute Gasteiger partial charge is 0.176 e. The van der Waals surface area contributed by atoms with Crippen LogP contribution in [0.3, 0.4) is 0 Å². The minimum atomic E-state index is 0.229. The second-order valence-electron chi connectivity index (χ2n) is 12.4. The van der Waals surface area contributed by atoms with Crippen LogP contribution in [-0.4, -0.2) is 17.8 Å². The van der Waals surface area contributed by atoms with E-state index in [1.165, 1.54) is 167 Å². The smallest absolute Gasteiger partial charge is 0.114 e. The second kappa shape index (κ2) is 31.9. The summed E-state index contributed by atoms with van der Waals surface area (Å²) in [7, 11) is 0. The molecule has 0 aliphatic carbocycles. The molecule has 0 aromatic heterocycles. The van der Waals surface area contributed by atoms with Gasteiger partial charge in [-0.05, 0) is 64.2 Å². The van der Waals surface area contributed by atoms with Gasteiger partial charge in [0.15, 0.2) is 0 Å². The first kappa shape index (κ1) is 38.4. The van der Waals surface area contributed by atoms with Crippen LogP contribution in [0.2, 0.25) is 0 Å². The van der Waals surface area contributed by atoms with Crippen molar-refractivity contribution in [2.24, 2.45) is 11.7 Å². The van der Waals surface area contributed by atoms with Gasteiger partial charge in [0.25, 0.3) is 0 Å². The summed E-state index contributed by atoms with van der Waals surface area (Å²) in [6.45, 7) is 6.42. The first-order chi connectivity index (χ1) is 19.1. The van der Waals surface area contributed by atoms with Crippen LogP contribution in [0.4, 0.5) is 0 Å². The zero-order valence-corrected chi connectivity index (χ0v) is 27.1. The Morgan fingerprint density at radius 2 is 0.564 bits per heavy atom. The molecule has 0 fully saturated rings. The number of hydrogen-bond donors (Lipinski definition) is 2. The van der Waals surface area contributed by atoms with Crippen molar-refractivity contribution in [1.82, 2.24) is 0 Å². The van der Waals surface area contributed by atoms with Gasteiger partial charge in [-0.3, -0.25) is 0 Å². The van der Waals surface area contributed by atoms with Crippen LogP contribution in [-0.2, 0) is 0 Å². The quantitative estimate of drug-likeness (QED) is 0.0289. The van der Waals surface area contributed by atoms with Crippen molar-refractivity contribution >= 4 is 0 Å². The van der Waals surface area contributed by atoms with Crippen LogP contribution >= 0.6 is 0 Å². The topological polar surface area (TPSA) is 52.0 Å². The first-order valence-electron chi connectivity index (χ1n) is 17.9. The van der Waals surface area contributed by atoms with Gasteiger partial charge in [0.1, 0.15) is 13.1 Å². The Kier molecular flexibility index (Phi) is 31.4. The fourth-order valence-corrected chi connectivity index (χ4v) is 5.42. The summed E-state index contributed by atoms with van der Waals surface area (Å²) < 4.78 is 0.229. The highest BCUT2D eigenvalue weighted by atomic mass is 15.7. The van der Waals surface area contributed by atoms with Crippen molar-refractivity contribution < 1.29 is 4.70 Å². The summed E-state index contributed by atoms with van der Waals surface area (Å²) in [5, 5.41) is 0. The van der Waals surface area contributed by atoms with Gasteiger partial charge in [0, 0.05) is 12.8 Å².